The van der Waals surface area contributed by atoms with Crippen molar-refractivity contribution < 1.29 is 4.79 Å². The highest BCUT2D eigenvalue weighted by Crippen LogP contribution is 2.50. The van der Waals surface area contributed by atoms with Gasteiger partial charge in [-0.15, -0.1) is 0 Å². The second-order valence-electron chi connectivity index (χ2n) is 8.32. The molecule has 146 valence electrons. The Balaban J connectivity index is 1.71. The van der Waals surface area contributed by atoms with Gasteiger partial charge in [-0.1, -0.05) is 69.3 Å². The van der Waals surface area contributed by atoms with E-state index in [9.17, 15) is 4.79 Å². The highest BCUT2D eigenvalue weighted by Gasteiger charge is 2.39. The monoisotopic (exact) mass is 374 g/mol. The molecule has 3 heteroatoms. The summed E-state index contributed by atoms with van der Waals surface area (Å²) in [6.45, 7) is 7.22. The summed E-state index contributed by atoms with van der Waals surface area (Å²) < 4.78 is 0. The number of fused-ring (bicyclic) bond motifs is 3. The summed E-state index contributed by atoms with van der Waals surface area (Å²) >= 11 is 0. The van der Waals surface area contributed by atoms with Crippen molar-refractivity contribution in [3.05, 3.63) is 76.9 Å². The molecule has 0 bridgehead atoms. The lowest BCUT2D eigenvalue weighted by atomic mass is 9.76. The van der Waals surface area contributed by atoms with Gasteiger partial charge in [0, 0.05) is 12.5 Å². The molecule has 1 heterocycles. The van der Waals surface area contributed by atoms with Crippen LogP contribution in [0, 0.1) is 5.92 Å². The molecule has 1 aliphatic heterocycles. The van der Waals surface area contributed by atoms with Crippen LogP contribution in [0.5, 0.6) is 0 Å². The molecule has 2 aromatic carbocycles. The van der Waals surface area contributed by atoms with Crippen LogP contribution < -0.4 is 10.6 Å². The molecule has 3 atom stereocenters. The number of para-hydroxylation sites is 1. The van der Waals surface area contributed by atoms with Gasteiger partial charge in [-0.3, -0.25) is 4.79 Å². The fraction of sp³-hybridized carbons (Fsp3) is 0.400. The third-order valence-corrected chi connectivity index (χ3v) is 6.14. The van der Waals surface area contributed by atoms with Crippen molar-refractivity contribution in [1.82, 2.24) is 5.32 Å². The van der Waals surface area contributed by atoms with Crippen molar-refractivity contribution in [3.63, 3.8) is 0 Å². The molecule has 0 fully saturated rings. The van der Waals surface area contributed by atoms with Gasteiger partial charge in [0.05, 0.1) is 17.3 Å². The molecule has 4 rings (SSSR count). The summed E-state index contributed by atoms with van der Waals surface area (Å²) in [7, 11) is 0. The molecule has 3 nitrogen and oxygen atoms in total. The van der Waals surface area contributed by atoms with Crippen LogP contribution in [0.4, 0.5) is 5.69 Å². The Labute approximate surface area is 168 Å². The summed E-state index contributed by atoms with van der Waals surface area (Å²) in [4.78, 5) is 12.8. The van der Waals surface area contributed by atoms with Gasteiger partial charge in [0.1, 0.15) is 0 Å². The number of amides is 1. The van der Waals surface area contributed by atoms with Crippen LogP contribution in [-0.4, -0.2) is 12.5 Å². The van der Waals surface area contributed by atoms with Crippen molar-refractivity contribution in [2.45, 2.75) is 51.5 Å². The topological polar surface area (TPSA) is 41.1 Å². The Bertz CT molecular complexity index is 882. The first-order chi connectivity index (χ1) is 13.6. The molecule has 0 saturated carbocycles. The molecule has 0 aromatic heterocycles. The van der Waals surface area contributed by atoms with Crippen LogP contribution in [0.15, 0.2) is 54.6 Å². The first-order valence-electron chi connectivity index (χ1n) is 10.5. The van der Waals surface area contributed by atoms with E-state index < -0.39 is 0 Å². The highest BCUT2D eigenvalue weighted by molar-refractivity contribution is 6.00. The van der Waals surface area contributed by atoms with Gasteiger partial charge >= 0.3 is 0 Å². The van der Waals surface area contributed by atoms with Crippen LogP contribution >= 0.6 is 0 Å². The van der Waals surface area contributed by atoms with Crippen molar-refractivity contribution in [2.24, 2.45) is 5.92 Å². The van der Waals surface area contributed by atoms with Crippen LogP contribution in [0.25, 0.3) is 0 Å². The zero-order chi connectivity index (χ0) is 19.7. The molecule has 1 aliphatic carbocycles. The third-order valence-electron chi connectivity index (χ3n) is 6.14. The van der Waals surface area contributed by atoms with Gasteiger partial charge in [-0.2, -0.15) is 0 Å². The zero-order valence-corrected chi connectivity index (χ0v) is 17.0. The molecule has 3 unspecified atom stereocenters. The number of carbonyl (C=O) groups excluding carboxylic acids is 1. The summed E-state index contributed by atoms with van der Waals surface area (Å²) in [5.74, 6) is 1.40. The average Bonchev–Trinajstić information content (AvgIpc) is 3.21. The SMILES string of the molecule is CCCNC(=O)c1cccc2c1NC(c1ccc(C(C)C)cc1)C1CC=CC21. The third kappa shape index (κ3) is 3.34. The van der Waals surface area contributed by atoms with E-state index in [0.717, 1.165) is 24.1 Å². The fourth-order valence-corrected chi connectivity index (χ4v) is 4.56. The van der Waals surface area contributed by atoms with E-state index in [1.807, 2.05) is 12.1 Å². The van der Waals surface area contributed by atoms with E-state index >= 15 is 0 Å². The maximum atomic E-state index is 12.8. The van der Waals surface area contributed by atoms with Gasteiger partial charge in [-0.05, 0) is 47.4 Å². The summed E-state index contributed by atoms with van der Waals surface area (Å²) in [5.41, 5.74) is 5.67. The molecule has 0 radical (unpaired) electrons. The van der Waals surface area contributed by atoms with Gasteiger partial charge in [0.15, 0.2) is 0 Å². The minimum absolute atomic E-state index is 0.0144. The Morgan fingerprint density at radius 2 is 1.96 bits per heavy atom. The summed E-state index contributed by atoms with van der Waals surface area (Å²) in [6.07, 6.45) is 6.63. The predicted molar refractivity (Wildman–Crippen MR) is 116 cm³/mol. The van der Waals surface area contributed by atoms with Crippen molar-refractivity contribution in [3.8, 4) is 0 Å². The number of hydrogen-bond acceptors (Lipinski definition) is 2. The fourth-order valence-electron chi connectivity index (χ4n) is 4.56. The largest absolute Gasteiger partial charge is 0.377 e. The first kappa shape index (κ1) is 18.8. The van der Waals surface area contributed by atoms with E-state index in [2.05, 4.69) is 73.9 Å². The number of nitrogens with one attached hydrogen (secondary N) is 2. The quantitative estimate of drug-likeness (QED) is 0.652. The van der Waals surface area contributed by atoms with E-state index in [1.165, 1.54) is 16.7 Å². The molecule has 0 spiro atoms. The maximum Gasteiger partial charge on any atom is 0.253 e. The smallest absolute Gasteiger partial charge is 0.253 e. The average molecular weight is 375 g/mol. The highest BCUT2D eigenvalue weighted by atomic mass is 16.1. The van der Waals surface area contributed by atoms with Gasteiger partial charge < -0.3 is 10.6 Å². The summed E-state index contributed by atoms with van der Waals surface area (Å²) in [6, 6.07) is 15.3. The minimum Gasteiger partial charge on any atom is -0.377 e. The summed E-state index contributed by atoms with van der Waals surface area (Å²) in [5, 5.41) is 6.79. The number of benzene rings is 2. The van der Waals surface area contributed by atoms with Crippen LogP contribution in [0.1, 0.15) is 78.5 Å². The second-order valence-corrected chi connectivity index (χ2v) is 8.32. The normalized spacial score (nSPS) is 22.5. The van der Waals surface area contributed by atoms with E-state index in [-0.39, 0.29) is 11.9 Å². The molecule has 0 saturated heterocycles. The lowest BCUT2D eigenvalue weighted by Gasteiger charge is -2.38. The minimum atomic E-state index is 0.0144. The van der Waals surface area contributed by atoms with Crippen LogP contribution in [0.2, 0.25) is 0 Å². The maximum absolute atomic E-state index is 12.8. The van der Waals surface area contributed by atoms with Crippen molar-refractivity contribution >= 4 is 11.6 Å². The molecule has 1 amide bonds. The van der Waals surface area contributed by atoms with Crippen molar-refractivity contribution in [1.29, 1.82) is 0 Å². The van der Waals surface area contributed by atoms with E-state index in [1.54, 1.807) is 0 Å². The lowest BCUT2D eigenvalue weighted by Crippen LogP contribution is -2.32. The Hall–Kier alpha value is -2.55. The van der Waals surface area contributed by atoms with Gasteiger partial charge in [0.25, 0.3) is 5.91 Å². The standard InChI is InChI=1S/C25H30N2O/c1-4-15-26-25(28)22-10-6-9-21-19-7-5-8-20(19)23(27-24(21)22)18-13-11-17(12-14-18)16(2)3/h5-7,9-14,16,19-20,23,27H,4,8,15H2,1-3H3,(H,26,28). The molecule has 2 aliphatic rings. The van der Waals surface area contributed by atoms with Crippen LogP contribution in [-0.2, 0) is 0 Å². The number of allylic oxidation sites excluding steroid dienone is 2. The van der Waals surface area contributed by atoms with Gasteiger partial charge in [-0.25, -0.2) is 0 Å². The molecule has 2 aromatic rings. The first-order valence-corrected chi connectivity index (χ1v) is 10.5. The Morgan fingerprint density at radius 3 is 2.68 bits per heavy atom. The second kappa shape index (κ2) is 7.83. The number of hydrogen-bond donors (Lipinski definition) is 2. The Morgan fingerprint density at radius 1 is 1.18 bits per heavy atom. The predicted octanol–water partition coefficient (Wildman–Crippen LogP) is 5.78. The zero-order valence-electron chi connectivity index (χ0n) is 17.0. The van der Waals surface area contributed by atoms with Crippen molar-refractivity contribution in [2.75, 3.05) is 11.9 Å². The molecular formula is C25H30N2O. The lowest BCUT2D eigenvalue weighted by molar-refractivity contribution is 0.0954. The molecule has 28 heavy (non-hydrogen) atoms. The van der Waals surface area contributed by atoms with E-state index in [4.69, 9.17) is 0 Å². The number of anilines is 1. The molecule has 2 N–H and O–H groups in total. The van der Waals surface area contributed by atoms with Gasteiger partial charge in [0.2, 0.25) is 0 Å². The number of rotatable bonds is 5. The van der Waals surface area contributed by atoms with E-state index in [0.29, 0.717) is 24.3 Å². The molecular weight excluding hydrogens is 344 g/mol. The Kier molecular flexibility index (Phi) is 5.25. The number of carbonyl (C=O) groups is 1. The van der Waals surface area contributed by atoms with Crippen LogP contribution in [0.3, 0.4) is 0 Å².